The van der Waals surface area contributed by atoms with Gasteiger partial charge in [0.1, 0.15) is 0 Å². The molecule has 0 heterocycles. The second-order valence-corrected chi connectivity index (χ2v) is 1.92. The first-order valence-electron chi connectivity index (χ1n) is 2.35. The Balaban J connectivity index is 0. The smallest absolute Gasteiger partial charge is 0.377 e. The summed E-state index contributed by atoms with van der Waals surface area (Å²) in [5.41, 5.74) is 0. The molecular weight excluding hydrogens is 159 g/mol. The van der Waals surface area contributed by atoms with E-state index >= 15 is 0 Å². The van der Waals surface area contributed by atoms with Crippen molar-refractivity contribution in [3.8, 4) is 0 Å². The molecule has 0 aliphatic carbocycles. The maximum atomic E-state index is 10.2. The topological polar surface area (TPSA) is 111 Å². The molecule has 0 aromatic heterocycles. The maximum absolute atomic E-state index is 10.2. The molecule has 0 radical (unpaired) electrons. The zero-order valence-electron chi connectivity index (χ0n) is 5.59. The van der Waals surface area contributed by atoms with Crippen molar-refractivity contribution in [1.29, 1.82) is 0 Å². The van der Waals surface area contributed by atoms with Gasteiger partial charge in [-0.25, -0.2) is 9.36 Å². The fourth-order valence-electron chi connectivity index (χ4n) is 0.260. The molecular formula is C3H11N2O4P. The van der Waals surface area contributed by atoms with E-state index < -0.39 is 14.3 Å². The SMILES string of the molecule is CCNC(=O)O[PH](=O)O.N. The van der Waals surface area contributed by atoms with Gasteiger partial charge in [-0.3, -0.25) is 0 Å². The summed E-state index contributed by atoms with van der Waals surface area (Å²) < 4.78 is 13.6. The van der Waals surface area contributed by atoms with Crippen LogP contribution in [-0.2, 0) is 9.09 Å². The van der Waals surface area contributed by atoms with Crippen molar-refractivity contribution in [2.45, 2.75) is 6.92 Å². The van der Waals surface area contributed by atoms with E-state index in [1.54, 1.807) is 6.92 Å². The molecule has 0 saturated heterocycles. The van der Waals surface area contributed by atoms with E-state index in [-0.39, 0.29) is 6.15 Å². The van der Waals surface area contributed by atoms with Gasteiger partial charge in [0.15, 0.2) is 0 Å². The van der Waals surface area contributed by atoms with Crippen LogP contribution in [0.3, 0.4) is 0 Å². The summed E-state index contributed by atoms with van der Waals surface area (Å²) in [7, 11) is -3.12. The van der Waals surface area contributed by atoms with Crippen LogP contribution in [0.2, 0.25) is 0 Å². The van der Waals surface area contributed by atoms with E-state index in [9.17, 15) is 9.36 Å². The van der Waals surface area contributed by atoms with E-state index in [2.05, 4.69) is 9.84 Å². The van der Waals surface area contributed by atoms with Crippen molar-refractivity contribution < 1.29 is 18.8 Å². The Kier molecular flexibility index (Phi) is 7.93. The zero-order valence-corrected chi connectivity index (χ0v) is 6.59. The maximum Gasteiger partial charge on any atom is 0.413 e. The predicted molar refractivity (Wildman–Crippen MR) is 36.4 cm³/mol. The number of rotatable bonds is 2. The highest BCUT2D eigenvalue weighted by Gasteiger charge is 2.00. The van der Waals surface area contributed by atoms with Crippen LogP contribution in [0, 0.1) is 0 Å². The van der Waals surface area contributed by atoms with Crippen molar-refractivity contribution >= 4 is 14.3 Å². The number of carbonyl (C=O) groups excluding carboxylic acids is 1. The van der Waals surface area contributed by atoms with Crippen LogP contribution in [0.4, 0.5) is 4.79 Å². The molecule has 1 unspecified atom stereocenters. The van der Waals surface area contributed by atoms with Crippen LogP contribution in [0.1, 0.15) is 6.92 Å². The molecule has 7 heteroatoms. The quantitative estimate of drug-likeness (QED) is 0.515. The Labute approximate surface area is 59.1 Å². The lowest BCUT2D eigenvalue weighted by Crippen LogP contribution is -2.21. The summed E-state index contributed by atoms with van der Waals surface area (Å²) in [6, 6.07) is 0. The Morgan fingerprint density at radius 2 is 2.30 bits per heavy atom. The molecule has 1 atom stereocenters. The van der Waals surface area contributed by atoms with Crippen molar-refractivity contribution in [3.05, 3.63) is 0 Å². The highest BCUT2D eigenvalue weighted by Crippen LogP contribution is 2.13. The molecule has 1 amide bonds. The summed E-state index contributed by atoms with van der Waals surface area (Å²) >= 11 is 0. The summed E-state index contributed by atoms with van der Waals surface area (Å²) in [5.74, 6) is 0. The van der Waals surface area contributed by atoms with Crippen molar-refractivity contribution in [1.82, 2.24) is 11.5 Å². The van der Waals surface area contributed by atoms with E-state index in [1.165, 1.54) is 0 Å². The van der Waals surface area contributed by atoms with Gasteiger partial charge in [0.05, 0.1) is 0 Å². The third-order valence-corrected chi connectivity index (χ3v) is 0.861. The lowest BCUT2D eigenvalue weighted by molar-refractivity contribution is 0.198. The van der Waals surface area contributed by atoms with E-state index in [1.807, 2.05) is 0 Å². The largest absolute Gasteiger partial charge is 0.413 e. The molecule has 0 saturated carbocycles. The lowest BCUT2D eigenvalue weighted by Gasteiger charge is -1.98. The molecule has 0 aromatic carbocycles. The molecule has 62 valence electrons. The van der Waals surface area contributed by atoms with Gasteiger partial charge in [0, 0.05) is 6.54 Å². The minimum Gasteiger partial charge on any atom is -0.377 e. The number of hydrogen-bond donors (Lipinski definition) is 3. The Morgan fingerprint density at radius 1 is 1.80 bits per heavy atom. The number of hydrogen-bond acceptors (Lipinski definition) is 4. The van der Waals surface area contributed by atoms with E-state index in [0.29, 0.717) is 6.54 Å². The van der Waals surface area contributed by atoms with Gasteiger partial charge < -0.3 is 20.9 Å². The van der Waals surface area contributed by atoms with E-state index in [4.69, 9.17) is 4.89 Å². The van der Waals surface area contributed by atoms with Gasteiger partial charge >= 0.3 is 14.3 Å². The normalized spacial score (nSPS) is 11.0. The van der Waals surface area contributed by atoms with Gasteiger partial charge in [-0.15, -0.1) is 0 Å². The van der Waals surface area contributed by atoms with Gasteiger partial charge in [0.2, 0.25) is 0 Å². The van der Waals surface area contributed by atoms with Crippen LogP contribution < -0.4 is 11.5 Å². The van der Waals surface area contributed by atoms with Crippen molar-refractivity contribution in [3.63, 3.8) is 0 Å². The van der Waals surface area contributed by atoms with Crippen molar-refractivity contribution in [2.75, 3.05) is 6.54 Å². The van der Waals surface area contributed by atoms with Gasteiger partial charge in [-0.1, -0.05) is 0 Å². The molecule has 0 aromatic rings. The van der Waals surface area contributed by atoms with Crippen LogP contribution in [0.15, 0.2) is 0 Å². The van der Waals surface area contributed by atoms with Crippen LogP contribution in [0.25, 0.3) is 0 Å². The average Bonchev–Trinajstić information content (AvgIpc) is 1.63. The molecule has 0 aliphatic rings. The van der Waals surface area contributed by atoms with Crippen molar-refractivity contribution in [2.24, 2.45) is 0 Å². The molecule has 0 aliphatic heterocycles. The fourth-order valence-corrected chi connectivity index (χ4v) is 0.490. The number of nitrogens with one attached hydrogen (secondary N) is 1. The Hall–Kier alpha value is -0.580. The third-order valence-electron chi connectivity index (χ3n) is 0.501. The lowest BCUT2D eigenvalue weighted by atomic mass is 10.8. The van der Waals surface area contributed by atoms with E-state index in [0.717, 1.165) is 0 Å². The van der Waals surface area contributed by atoms with Crippen LogP contribution in [-0.4, -0.2) is 17.5 Å². The first-order valence-corrected chi connectivity index (χ1v) is 3.61. The average molecular weight is 170 g/mol. The summed E-state index contributed by atoms with van der Waals surface area (Å²) in [6.45, 7) is 2.06. The summed E-state index contributed by atoms with van der Waals surface area (Å²) in [4.78, 5) is 18.2. The fraction of sp³-hybridized carbons (Fsp3) is 0.667. The minimum absolute atomic E-state index is 0. The molecule has 0 spiro atoms. The standard InChI is InChI=1S/C3H8NO4P.H3N/c1-2-4-3(5)8-9(6)7;/h9H,2H2,1H3,(H,4,5)(H,6,7);1H3. The Bertz CT molecular complexity index is 128. The van der Waals surface area contributed by atoms with Crippen LogP contribution in [0.5, 0.6) is 0 Å². The second-order valence-electron chi connectivity index (χ2n) is 1.19. The van der Waals surface area contributed by atoms with Gasteiger partial charge in [-0.05, 0) is 6.92 Å². The first-order chi connectivity index (χ1) is 4.16. The minimum atomic E-state index is -3.12. The number of amides is 1. The third kappa shape index (κ3) is 7.42. The monoisotopic (exact) mass is 170 g/mol. The highest BCUT2D eigenvalue weighted by atomic mass is 31.1. The predicted octanol–water partition coefficient (Wildman–Crippen LogP) is 0.277. The van der Waals surface area contributed by atoms with Gasteiger partial charge in [-0.2, -0.15) is 0 Å². The highest BCUT2D eigenvalue weighted by molar-refractivity contribution is 7.32. The Morgan fingerprint density at radius 3 is 2.60 bits per heavy atom. The van der Waals surface area contributed by atoms with Gasteiger partial charge in [0.25, 0.3) is 0 Å². The second kappa shape index (κ2) is 6.54. The molecule has 0 bridgehead atoms. The first kappa shape index (κ1) is 12.1. The molecule has 10 heavy (non-hydrogen) atoms. The number of carbonyl (C=O) groups is 1. The summed E-state index contributed by atoms with van der Waals surface area (Å²) in [6.07, 6.45) is -0.858. The molecule has 5 N–H and O–H groups in total. The van der Waals surface area contributed by atoms with Crippen LogP contribution >= 0.6 is 8.25 Å². The zero-order chi connectivity index (χ0) is 7.28. The molecule has 0 fully saturated rings. The molecule has 0 rings (SSSR count). The molecule has 6 nitrogen and oxygen atoms in total. The summed E-state index contributed by atoms with van der Waals surface area (Å²) in [5, 5.41) is 2.18.